The van der Waals surface area contributed by atoms with Gasteiger partial charge in [-0.3, -0.25) is 9.89 Å². The second-order valence-electron chi connectivity index (χ2n) is 11.0. The molecule has 3 heterocycles. The monoisotopic (exact) mass is 520 g/mol. The summed E-state index contributed by atoms with van der Waals surface area (Å²) in [5.74, 6) is 1.91. The molecule has 3 aromatic carbocycles. The minimum absolute atomic E-state index is 0.0758. The van der Waals surface area contributed by atoms with E-state index < -0.39 is 5.41 Å². The third-order valence-corrected chi connectivity index (χ3v) is 8.62. The number of nitrogens with zero attached hydrogens (tertiary/aromatic N) is 2. The zero-order valence-electron chi connectivity index (χ0n) is 22.2. The van der Waals surface area contributed by atoms with Crippen LogP contribution in [0.3, 0.4) is 0 Å². The summed E-state index contributed by atoms with van der Waals surface area (Å²) in [6.45, 7) is 2.18. The summed E-state index contributed by atoms with van der Waals surface area (Å²) in [4.78, 5) is 15.4. The molecule has 39 heavy (non-hydrogen) atoms. The molecule has 1 saturated carbocycles. The van der Waals surface area contributed by atoms with E-state index in [9.17, 15) is 4.79 Å². The number of aromatic nitrogens is 2. The van der Waals surface area contributed by atoms with Crippen LogP contribution in [0, 0.1) is 0 Å². The van der Waals surface area contributed by atoms with Crippen molar-refractivity contribution in [1.29, 1.82) is 0 Å². The number of piperidine rings is 1. The lowest BCUT2D eigenvalue weighted by Crippen LogP contribution is -2.35. The maximum atomic E-state index is 13.0. The van der Waals surface area contributed by atoms with Crippen LogP contribution >= 0.6 is 0 Å². The van der Waals surface area contributed by atoms with Crippen molar-refractivity contribution < 1.29 is 14.3 Å². The van der Waals surface area contributed by atoms with Gasteiger partial charge in [-0.2, -0.15) is 5.10 Å². The van der Waals surface area contributed by atoms with E-state index in [4.69, 9.17) is 9.47 Å². The number of aromatic amines is 1. The van der Waals surface area contributed by atoms with E-state index in [-0.39, 0.29) is 11.8 Å². The van der Waals surface area contributed by atoms with Gasteiger partial charge in [-0.25, -0.2) is 0 Å². The third kappa shape index (κ3) is 4.17. The Morgan fingerprint density at radius 1 is 1.00 bits per heavy atom. The van der Waals surface area contributed by atoms with Crippen molar-refractivity contribution in [1.82, 2.24) is 15.1 Å². The number of methoxy groups -OCH3 is 1. The number of carbonyl (C=O) groups excluding carboxylic acids is 1. The highest BCUT2D eigenvalue weighted by molar-refractivity contribution is 6.10. The summed E-state index contributed by atoms with van der Waals surface area (Å²) in [6, 6.07) is 20.5. The Labute approximate surface area is 227 Å². The molecule has 0 radical (unpaired) electrons. The summed E-state index contributed by atoms with van der Waals surface area (Å²) in [6.07, 6.45) is 7.35. The van der Waals surface area contributed by atoms with Gasteiger partial charge in [0.1, 0.15) is 17.6 Å². The molecule has 1 aliphatic carbocycles. The molecule has 4 aromatic rings. The fourth-order valence-electron chi connectivity index (χ4n) is 6.23. The van der Waals surface area contributed by atoms with Gasteiger partial charge in [0.2, 0.25) is 5.91 Å². The number of carbonyl (C=O) groups is 1. The molecule has 1 amide bonds. The zero-order valence-corrected chi connectivity index (χ0v) is 22.2. The van der Waals surface area contributed by atoms with Gasteiger partial charge in [-0.1, -0.05) is 30.3 Å². The highest BCUT2D eigenvalue weighted by Crippen LogP contribution is 2.65. The zero-order chi connectivity index (χ0) is 26.6. The fourth-order valence-corrected chi connectivity index (χ4v) is 6.23. The highest BCUT2D eigenvalue weighted by Gasteiger charge is 2.65. The number of rotatable bonds is 6. The SMILES string of the molecule is COc1ccc2c(c1)C1(CC1c1ccc3c(C=Cc4ccc(OC5CCN(C)CC5)cc4)n[nH]c3c1)C(=O)N2. The summed E-state index contributed by atoms with van der Waals surface area (Å²) in [5.41, 5.74) is 5.52. The smallest absolute Gasteiger partial charge is 0.235 e. The van der Waals surface area contributed by atoms with E-state index in [2.05, 4.69) is 63.9 Å². The Morgan fingerprint density at radius 2 is 1.79 bits per heavy atom. The van der Waals surface area contributed by atoms with E-state index >= 15 is 0 Å². The predicted octanol–water partition coefficient (Wildman–Crippen LogP) is 5.59. The Balaban J connectivity index is 1.06. The van der Waals surface area contributed by atoms with Crippen molar-refractivity contribution in [2.24, 2.45) is 0 Å². The largest absolute Gasteiger partial charge is 0.497 e. The topological polar surface area (TPSA) is 79.5 Å². The van der Waals surface area contributed by atoms with Crippen molar-refractivity contribution in [3.63, 3.8) is 0 Å². The minimum Gasteiger partial charge on any atom is -0.497 e. The van der Waals surface area contributed by atoms with Crippen molar-refractivity contribution in [2.45, 2.75) is 36.7 Å². The van der Waals surface area contributed by atoms with Crippen LogP contribution in [0.1, 0.15) is 47.6 Å². The Kier molecular flexibility index (Phi) is 5.70. The van der Waals surface area contributed by atoms with Crippen LogP contribution in [0.15, 0.2) is 60.7 Å². The summed E-state index contributed by atoms with van der Waals surface area (Å²) < 4.78 is 11.6. The molecule has 7 rings (SSSR count). The van der Waals surface area contributed by atoms with Gasteiger partial charge in [0.05, 0.1) is 23.7 Å². The van der Waals surface area contributed by atoms with Gasteiger partial charge in [0.15, 0.2) is 0 Å². The Morgan fingerprint density at radius 3 is 2.59 bits per heavy atom. The van der Waals surface area contributed by atoms with E-state index in [1.165, 1.54) is 0 Å². The molecular weight excluding hydrogens is 488 g/mol. The third-order valence-electron chi connectivity index (χ3n) is 8.62. The van der Waals surface area contributed by atoms with E-state index in [0.717, 1.165) is 82.8 Å². The number of nitrogens with one attached hydrogen (secondary N) is 2. The molecule has 2 unspecified atom stereocenters. The lowest BCUT2D eigenvalue weighted by atomic mass is 9.91. The number of benzene rings is 3. The number of fused-ring (bicyclic) bond motifs is 3. The minimum atomic E-state index is -0.510. The number of amides is 1. The average molecular weight is 521 g/mol. The number of anilines is 1. The Hall–Kier alpha value is -4.10. The maximum Gasteiger partial charge on any atom is 0.235 e. The van der Waals surface area contributed by atoms with Crippen molar-refractivity contribution in [3.8, 4) is 11.5 Å². The van der Waals surface area contributed by atoms with Gasteiger partial charge in [-0.15, -0.1) is 0 Å². The van der Waals surface area contributed by atoms with Crippen molar-refractivity contribution in [2.75, 3.05) is 32.6 Å². The molecule has 7 nitrogen and oxygen atoms in total. The number of hydrogen-bond acceptors (Lipinski definition) is 5. The van der Waals surface area contributed by atoms with Crippen LogP contribution in [-0.4, -0.2) is 54.4 Å². The molecule has 0 bridgehead atoms. The molecular formula is C32H32N4O3. The number of H-pyrrole nitrogens is 1. The van der Waals surface area contributed by atoms with Gasteiger partial charge < -0.3 is 19.7 Å². The second kappa shape index (κ2) is 9.27. The number of ether oxygens (including phenoxy) is 2. The van der Waals surface area contributed by atoms with Crippen LogP contribution in [0.4, 0.5) is 5.69 Å². The molecule has 7 heteroatoms. The van der Waals surface area contributed by atoms with Crippen LogP contribution in [0.2, 0.25) is 0 Å². The first-order chi connectivity index (χ1) is 19.0. The van der Waals surface area contributed by atoms with Gasteiger partial charge in [-0.05, 0) is 85.5 Å². The van der Waals surface area contributed by atoms with E-state index in [1.807, 2.05) is 36.4 Å². The lowest BCUT2D eigenvalue weighted by molar-refractivity contribution is -0.118. The maximum absolute atomic E-state index is 13.0. The molecule has 2 fully saturated rings. The van der Waals surface area contributed by atoms with Crippen molar-refractivity contribution >= 4 is 34.6 Å². The van der Waals surface area contributed by atoms with E-state index in [0.29, 0.717) is 6.10 Å². The molecule has 198 valence electrons. The van der Waals surface area contributed by atoms with Gasteiger partial charge in [0.25, 0.3) is 0 Å². The van der Waals surface area contributed by atoms with Crippen LogP contribution in [-0.2, 0) is 10.2 Å². The summed E-state index contributed by atoms with van der Waals surface area (Å²) in [7, 11) is 3.82. The Bertz CT molecular complexity index is 1580. The quantitative estimate of drug-likeness (QED) is 0.346. The molecule has 1 spiro atoms. The molecule has 3 aliphatic rings. The predicted molar refractivity (Wildman–Crippen MR) is 153 cm³/mol. The van der Waals surface area contributed by atoms with Gasteiger partial charge in [0, 0.05) is 30.1 Å². The number of likely N-dealkylation sites (tertiary alicyclic amines) is 1. The molecule has 2 aliphatic heterocycles. The first kappa shape index (κ1) is 24.0. The second-order valence-corrected chi connectivity index (χ2v) is 11.0. The summed E-state index contributed by atoms with van der Waals surface area (Å²) >= 11 is 0. The fraction of sp³-hybridized carbons (Fsp3) is 0.312. The molecule has 1 aromatic heterocycles. The van der Waals surface area contributed by atoms with Crippen LogP contribution < -0.4 is 14.8 Å². The molecule has 2 atom stereocenters. The first-order valence-electron chi connectivity index (χ1n) is 13.6. The summed E-state index contributed by atoms with van der Waals surface area (Å²) in [5, 5.41) is 11.9. The van der Waals surface area contributed by atoms with Gasteiger partial charge >= 0.3 is 0 Å². The molecule has 1 saturated heterocycles. The first-order valence-corrected chi connectivity index (χ1v) is 13.6. The van der Waals surface area contributed by atoms with Crippen molar-refractivity contribution in [3.05, 3.63) is 83.0 Å². The van der Waals surface area contributed by atoms with Crippen LogP contribution in [0.25, 0.3) is 23.1 Å². The standard InChI is InChI=1S/C32H32N4O3/c1-36-15-13-23(14-16-36)39-22-7-3-20(4-8-22)5-11-28-25-10-6-21(17-30(25)35-34-28)27-19-32(27)26-18-24(38-2)9-12-29(26)33-31(32)37/h3-12,17-18,23,27H,13-16,19H2,1-2H3,(H,33,37)(H,34,35). The average Bonchev–Trinajstić information content (AvgIpc) is 3.50. The van der Waals surface area contributed by atoms with E-state index in [1.54, 1.807) is 7.11 Å². The van der Waals surface area contributed by atoms with Crippen LogP contribution in [0.5, 0.6) is 11.5 Å². The normalized spacial score (nSPS) is 22.9. The lowest BCUT2D eigenvalue weighted by Gasteiger charge is -2.29. The highest BCUT2D eigenvalue weighted by atomic mass is 16.5. The molecule has 2 N–H and O–H groups in total. The number of hydrogen-bond donors (Lipinski definition) is 2.